The maximum atomic E-state index is 13.7. The summed E-state index contributed by atoms with van der Waals surface area (Å²) in [6, 6.07) is 19.6. The molecule has 3 aromatic rings. The Labute approximate surface area is 198 Å². The van der Waals surface area contributed by atoms with Crippen LogP contribution in [0.1, 0.15) is 11.1 Å². The van der Waals surface area contributed by atoms with Gasteiger partial charge in [0.25, 0.3) is 5.91 Å². The standard InChI is InChI=1S/C25H18ClF3N2O3/c1-33-22-14-17(9-12-21(22)34-15-16-7-10-18(26)11-8-16)13-20-23(25(27,28)29)30-31(24(20)32)19-5-3-2-4-6-19/h2-14H,15H2,1H3/b20-13-. The third kappa shape index (κ3) is 5.07. The van der Waals surface area contributed by atoms with Crippen LogP contribution < -0.4 is 14.5 Å². The van der Waals surface area contributed by atoms with E-state index < -0.39 is 23.4 Å². The molecule has 0 N–H and O–H groups in total. The van der Waals surface area contributed by atoms with Crippen LogP contribution in [0.5, 0.6) is 11.5 Å². The van der Waals surface area contributed by atoms with Gasteiger partial charge in [-0.3, -0.25) is 4.79 Å². The number of carbonyl (C=O) groups excluding carboxylic acids is 1. The molecule has 0 unspecified atom stereocenters. The normalized spacial score (nSPS) is 15.0. The van der Waals surface area contributed by atoms with E-state index in [4.69, 9.17) is 21.1 Å². The Balaban J connectivity index is 1.62. The summed E-state index contributed by atoms with van der Waals surface area (Å²) in [5.41, 5.74) is -0.384. The molecule has 0 atom stereocenters. The number of anilines is 1. The largest absolute Gasteiger partial charge is 0.493 e. The van der Waals surface area contributed by atoms with Crippen LogP contribution in [0, 0.1) is 0 Å². The molecule has 1 heterocycles. The topological polar surface area (TPSA) is 51.1 Å². The number of para-hydroxylation sites is 1. The fourth-order valence-corrected chi connectivity index (χ4v) is 3.43. The number of ether oxygens (including phenoxy) is 2. The van der Waals surface area contributed by atoms with Gasteiger partial charge < -0.3 is 9.47 Å². The van der Waals surface area contributed by atoms with Crippen molar-refractivity contribution >= 4 is 35.0 Å². The zero-order chi connectivity index (χ0) is 24.3. The number of hydrogen-bond donors (Lipinski definition) is 0. The Bertz CT molecular complexity index is 1260. The highest BCUT2D eigenvalue weighted by molar-refractivity contribution is 6.34. The van der Waals surface area contributed by atoms with E-state index in [1.165, 1.54) is 25.3 Å². The summed E-state index contributed by atoms with van der Waals surface area (Å²) in [7, 11) is 1.42. The Morgan fingerprint density at radius 2 is 1.71 bits per heavy atom. The van der Waals surface area contributed by atoms with Crippen molar-refractivity contribution in [2.75, 3.05) is 12.1 Å². The second-order valence-corrected chi connectivity index (χ2v) is 7.72. The SMILES string of the molecule is COc1cc(/C=C2\C(=O)N(c3ccccc3)N=C2C(F)(F)F)ccc1OCc1ccc(Cl)cc1. The molecule has 5 nitrogen and oxygen atoms in total. The van der Waals surface area contributed by atoms with Gasteiger partial charge in [-0.1, -0.05) is 48.0 Å². The van der Waals surface area contributed by atoms with Crippen LogP contribution in [0.4, 0.5) is 18.9 Å². The van der Waals surface area contributed by atoms with E-state index in [1.54, 1.807) is 42.5 Å². The van der Waals surface area contributed by atoms with E-state index in [1.807, 2.05) is 12.1 Å². The summed E-state index contributed by atoms with van der Waals surface area (Å²) in [5.74, 6) is -0.173. The predicted octanol–water partition coefficient (Wildman–Crippen LogP) is 6.28. The lowest BCUT2D eigenvalue weighted by Gasteiger charge is -2.12. The van der Waals surface area contributed by atoms with Crippen LogP contribution in [-0.2, 0) is 11.4 Å². The van der Waals surface area contributed by atoms with Crippen molar-refractivity contribution in [2.45, 2.75) is 12.8 Å². The molecule has 0 bridgehead atoms. The number of nitrogens with zero attached hydrogens (tertiary/aromatic N) is 2. The first-order valence-electron chi connectivity index (χ1n) is 10.1. The molecular weight excluding hydrogens is 469 g/mol. The lowest BCUT2D eigenvalue weighted by Crippen LogP contribution is -2.25. The number of benzene rings is 3. The fraction of sp³-hybridized carbons (Fsp3) is 0.120. The summed E-state index contributed by atoms with van der Waals surface area (Å²) in [6.45, 7) is 0.239. The van der Waals surface area contributed by atoms with Crippen molar-refractivity contribution in [3.8, 4) is 11.5 Å². The van der Waals surface area contributed by atoms with Gasteiger partial charge in [-0.15, -0.1) is 0 Å². The Morgan fingerprint density at radius 1 is 1.00 bits per heavy atom. The first kappa shape index (κ1) is 23.4. The van der Waals surface area contributed by atoms with Gasteiger partial charge in [0.05, 0.1) is 18.4 Å². The zero-order valence-corrected chi connectivity index (χ0v) is 18.6. The van der Waals surface area contributed by atoms with Crippen molar-refractivity contribution in [2.24, 2.45) is 5.10 Å². The molecule has 34 heavy (non-hydrogen) atoms. The number of amides is 1. The highest BCUT2D eigenvalue weighted by Gasteiger charge is 2.46. The second kappa shape index (κ2) is 9.61. The highest BCUT2D eigenvalue weighted by Crippen LogP contribution is 2.34. The Morgan fingerprint density at radius 3 is 2.35 bits per heavy atom. The van der Waals surface area contributed by atoms with Gasteiger partial charge in [0.15, 0.2) is 17.2 Å². The van der Waals surface area contributed by atoms with Crippen LogP contribution in [0.3, 0.4) is 0 Å². The molecule has 0 saturated heterocycles. The van der Waals surface area contributed by atoms with Gasteiger partial charge in [0, 0.05) is 5.02 Å². The molecule has 1 aliphatic rings. The molecule has 174 valence electrons. The number of methoxy groups -OCH3 is 1. The van der Waals surface area contributed by atoms with Gasteiger partial charge in [0.2, 0.25) is 0 Å². The first-order valence-corrected chi connectivity index (χ1v) is 10.5. The quantitative estimate of drug-likeness (QED) is 0.385. The van der Waals surface area contributed by atoms with Crippen molar-refractivity contribution < 1.29 is 27.4 Å². The van der Waals surface area contributed by atoms with Gasteiger partial charge >= 0.3 is 6.18 Å². The van der Waals surface area contributed by atoms with Crippen LogP contribution in [-0.4, -0.2) is 24.9 Å². The molecule has 1 aliphatic heterocycles. The number of alkyl halides is 3. The number of halogens is 4. The molecule has 9 heteroatoms. The van der Waals surface area contributed by atoms with Crippen LogP contribution in [0.2, 0.25) is 5.02 Å². The molecule has 1 amide bonds. The lowest BCUT2D eigenvalue weighted by atomic mass is 10.1. The zero-order valence-electron chi connectivity index (χ0n) is 17.8. The smallest absolute Gasteiger partial charge is 0.435 e. The summed E-state index contributed by atoms with van der Waals surface area (Å²) >= 11 is 5.88. The Kier molecular flexibility index (Phi) is 6.61. The van der Waals surface area contributed by atoms with Crippen molar-refractivity contribution in [3.05, 3.63) is 94.5 Å². The molecule has 0 radical (unpaired) electrons. The summed E-state index contributed by atoms with van der Waals surface area (Å²) in [6.07, 6.45) is -3.67. The molecule has 0 aliphatic carbocycles. The number of hydrogen-bond acceptors (Lipinski definition) is 4. The Hall–Kier alpha value is -3.78. The average Bonchev–Trinajstić information content (AvgIpc) is 3.16. The maximum Gasteiger partial charge on any atom is 0.435 e. The first-order chi connectivity index (χ1) is 16.3. The highest BCUT2D eigenvalue weighted by atomic mass is 35.5. The number of hydrazone groups is 1. The van der Waals surface area contributed by atoms with E-state index in [9.17, 15) is 18.0 Å². The van der Waals surface area contributed by atoms with Crippen molar-refractivity contribution in [1.82, 2.24) is 0 Å². The van der Waals surface area contributed by atoms with E-state index in [2.05, 4.69) is 5.10 Å². The summed E-state index contributed by atoms with van der Waals surface area (Å²) in [4.78, 5) is 12.8. The number of carbonyl (C=O) groups is 1. The van der Waals surface area contributed by atoms with Gasteiger partial charge in [-0.2, -0.15) is 23.3 Å². The fourth-order valence-electron chi connectivity index (χ4n) is 3.30. The van der Waals surface area contributed by atoms with Gasteiger partial charge in [-0.25, -0.2) is 0 Å². The van der Waals surface area contributed by atoms with E-state index in [0.29, 0.717) is 22.1 Å². The third-order valence-corrected chi connectivity index (χ3v) is 5.21. The van der Waals surface area contributed by atoms with Crippen molar-refractivity contribution in [3.63, 3.8) is 0 Å². The van der Waals surface area contributed by atoms with E-state index in [0.717, 1.165) is 16.6 Å². The van der Waals surface area contributed by atoms with Crippen LogP contribution >= 0.6 is 11.6 Å². The van der Waals surface area contributed by atoms with Crippen LogP contribution in [0.25, 0.3) is 6.08 Å². The minimum absolute atomic E-state index is 0.237. The maximum absolute atomic E-state index is 13.7. The molecule has 0 saturated carbocycles. The average molecular weight is 487 g/mol. The minimum Gasteiger partial charge on any atom is -0.493 e. The molecule has 4 rings (SSSR count). The van der Waals surface area contributed by atoms with Gasteiger partial charge in [0.1, 0.15) is 6.61 Å². The molecule has 0 aromatic heterocycles. The monoisotopic (exact) mass is 486 g/mol. The summed E-state index contributed by atoms with van der Waals surface area (Å²) in [5, 5.41) is 4.91. The molecular formula is C25H18ClF3N2O3. The van der Waals surface area contributed by atoms with E-state index >= 15 is 0 Å². The lowest BCUT2D eigenvalue weighted by molar-refractivity contribution is -0.114. The predicted molar refractivity (Wildman–Crippen MR) is 124 cm³/mol. The number of rotatable bonds is 6. The molecule has 3 aromatic carbocycles. The molecule has 0 fully saturated rings. The van der Waals surface area contributed by atoms with E-state index in [-0.39, 0.29) is 12.3 Å². The van der Waals surface area contributed by atoms with Crippen LogP contribution in [0.15, 0.2) is 83.5 Å². The molecule has 0 spiro atoms. The minimum atomic E-state index is -4.81. The third-order valence-electron chi connectivity index (χ3n) is 4.95. The van der Waals surface area contributed by atoms with Crippen molar-refractivity contribution in [1.29, 1.82) is 0 Å². The summed E-state index contributed by atoms with van der Waals surface area (Å²) < 4.78 is 52.1. The second-order valence-electron chi connectivity index (χ2n) is 7.28. The van der Waals surface area contributed by atoms with Gasteiger partial charge in [-0.05, 0) is 53.6 Å².